The number of aryl methyl sites for hydroxylation is 2. The molecule has 1 aromatic carbocycles. The molecule has 4 rings (SSSR count). The molecular weight excluding hydrogens is 342 g/mol. The molecule has 1 fully saturated rings. The quantitative estimate of drug-likeness (QED) is 0.582. The zero-order valence-electron chi connectivity index (χ0n) is 16.1. The fraction of sp³-hybridized carbons (Fsp3) is 0.524. The molecule has 0 N–H and O–H groups in total. The predicted molar refractivity (Wildman–Crippen MR) is 104 cm³/mol. The van der Waals surface area contributed by atoms with Gasteiger partial charge in [-0.15, -0.1) is 5.10 Å². The summed E-state index contributed by atoms with van der Waals surface area (Å²) in [6.07, 6.45) is 2.33. The van der Waals surface area contributed by atoms with E-state index in [1.165, 1.54) is 23.7 Å². The van der Waals surface area contributed by atoms with Gasteiger partial charge in [-0.1, -0.05) is 56.3 Å². The SMILES string of the molecule is Cc1ccc(C(=O)CSc2nnc3c(n2)[C@@]2(C)CC[C@@H]3C2(C)C)c(C)c1. The standard InChI is InChI=1S/C21H25N3OS/c1-12-6-7-14(13(2)10-12)16(25)11-26-19-22-18-17(23-24-19)15-8-9-21(18,5)20(15,3)4/h6-7,10,15H,8-9,11H2,1-5H3/t15-,21+/m0/s1. The number of hydrogen-bond donors (Lipinski definition) is 0. The van der Waals surface area contributed by atoms with Crippen molar-refractivity contribution in [1.29, 1.82) is 0 Å². The summed E-state index contributed by atoms with van der Waals surface area (Å²) in [7, 11) is 0. The Balaban J connectivity index is 1.54. The summed E-state index contributed by atoms with van der Waals surface area (Å²) >= 11 is 1.39. The van der Waals surface area contributed by atoms with Crippen molar-refractivity contribution in [2.45, 2.75) is 63.9 Å². The van der Waals surface area contributed by atoms with Gasteiger partial charge in [-0.3, -0.25) is 4.79 Å². The molecule has 0 amide bonds. The van der Waals surface area contributed by atoms with Crippen LogP contribution in [0.15, 0.2) is 23.4 Å². The highest BCUT2D eigenvalue weighted by Gasteiger charge is 2.61. The van der Waals surface area contributed by atoms with Gasteiger partial charge < -0.3 is 0 Å². The lowest BCUT2D eigenvalue weighted by molar-refractivity contribution is 0.102. The van der Waals surface area contributed by atoms with E-state index < -0.39 is 0 Å². The second kappa shape index (κ2) is 5.88. The molecule has 5 heteroatoms. The van der Waals surface area contributed by atoms with E-state index >= 15 is 0 Å². The molecule has 2 aliphatic rings. The van der Waals surface area contributed by atoms with E-state index in [1.807, 2.05) is 32.0 Å². The first-order valence-corrected chi connectivity index (χ1v) is 10.2. The van der Waals surface area contributed by atoms with E-state index in [0.29, 0.717) is 16.8 Å². The minimum atomic E-state index is 0.0653. The maximum atomic E-state index is 12.6. The zero-order valence-corrected chi connectivity index (χ0v) is 16.9. The number of fused-ring (bicyclic) bond motifs is 5. The lowest BCUT2D eigenvalue weighted by Crippen LogP contribution is -2.32. The molecule has 4 nitrogen and oxygen atoms in total. The van der Waals surface area contributed by atoms with Crippen LogP contribution in [0.25, 0.3) is 0 Å². The van der Waals surface area contributed by atoms with Crippen LogP contribution in [0.4, 0.5) is 0 Å². The summed E-state index contributed by atoms with van der Waals surface area (Å²) in [5.41, 5.74) is 5.40. The molecule has 136 valence electrons. The van der Waals surface area contributed by atoms with Crippen molar-refractivity contribution in [2.75, 3.05) is 5.75 Å². The fourth-order valence-electron chi connectivity index (χ4n) is 4.76. The Morgan fingerprint density at radius 1 is 1.23 bits per heavy atom. The van der Waals surface area contributed by atoms with E-state index in [0.717, 1.165) is 28.9 Å². The lowest BCUT2D eigenvalue weighted by Gasteiger charge is -2.33. The maximum absolute atomic E-state index is 12.6. The summed E-state index contributed by atoms with van der Waals surface area (Å²) < 4.78 is 0. The molecule has 0 saturated heterocycles. The largest absolute Gasteiger partial charge is 0.293 e. The summed E-state index contributed by atoms with van der Waals surface area (Å²) in [6, 6.07) is 5.95. The minimum Gasteiger partial charge on any atom is -0.293 e. The highest BCUT2D eigenvalue weighted by atomic mass is 32.2. The summed E-state index contributed by atoms with van der Waals surface area (Å²) in [6.45, 7) is 11.0. The van der Waals surface area contributed by atoms with E-state index in [9.17, 15) is 4.79 Å². The van der Waals surface area contributed by atoms with E-state index in [1.54, 1.807) is 0 Å². The average Bonchev–Trinajstić information content (AvgIpc) is 2.92. The molecule has 0 spiro atoms. The van der Waals surface area contributed by atoms with Crippen molar-refractivity contribution in [3.8, 4) is 0 Å². The molecule has 2 aromatic rings. The van der Waals surface area contributed by atoms with Crippen LogP contribution in [0, 0.1) is 19.3 Å². The molecule has 1 aromatic heterocycles. The Morgan fingerprint density at radius 2 is 2.00 bits per heavy atom. The average molecular weight is 368 g/mol. The topological polar surface area (TPSA) is 55.7 Å². The Morgan fingerprint density at radius 3 is 2.73 bits per heavy atom. The monoisotopic (exact) mass is 367 g/mol. The van der Waals surface area contributed by atoms with Gasteiger partial charge in [0.15, 0.2) is 5.78 Å². The molecule has 2 bridgehead atoms. The van der Waals surface area contributed by atoms with Crippen LogP contribution < -0.4 is 0 Å². The number of thioether (sulfide) groups is 1. The number of aromatic nitrogens is 3. The van der Waals surface area contributed by atoms with E-state index in [-0.39, 0.29) is 16.6 Å². The van der Waals surface area contributed by atoms with Gasteiger partial charge in [-0.2, -0.15) is 5.10 Å². The molecule has 2 aliphatic carbocycles. The van der Waals surface area contributed by atoms with Gasteiger partial charge >= 0.3 is 0 Å². The number of benzene rings is 1. The first-order chi connectivity index (χ1) is 12.2. The van der Waals surface area contributed by atoms with Gasteiger partial charge in [0, 0.05) is 16.9 Å². The summed E-state index contributed by atoms with van der Waals surface area (Å²) in [5.74, 6) is 0.913. The number of Topliss-reactive ketones (excluding diaryl/α,β-unsaturated/α-hetero) is 1. The van der Waals surface area contributed by atoms with Crippen LogP contribution in [0.2, 0.25) is 0 Å². The van der Waals surface area contributed by atoms with Gasteiger partial charge in [0.05, 0.1) is 17.1 Å². The molecule has 0 aliphatic heterocycles. The summed E-state index contributed by atoms with van der Waals surface area (Å²) in [4.78, 5) is 17.4. The number of ketones is 1. The van der Waals surface area contributed by atoms with Gasteiger partial charge in [-0.05, 0) is 37.7 Å². The van der Waals surface area contributed by atoms with Gasteiger partial charge in [0.25, 0.3) is 0 Å². The number of nitrogens with zero attached hydrogens (tertiary/aromatic N) is 3. The Bertz CT molecular complexity index is 908. The maximum Gasteiger partial charge on any atom is 0.209 e. The third-order valence-electron chi connectivity index (χ3n) is 6.79. The predicted octanol–water partition coefficient (Wildman–Crippen LogP) is 4.64. The second-order valence-corrected chi connectivity index (χ2v) is 9.45. The number of hydrogen-bond acceptors (Lipinski definition) is 5. The van der Waals surface area contributed by atoms with Gasteiger partial charge in [-0.25, -0.2) is 4.98 Å². The van der Waals surface area contributed by atoms with Crippen LogP contribution >= 0.6 is 11.8 Å². The van der Waals surface area contributed by atoms with Crippen molar-refractivity contribution in [2.24, 2.45) is 5.41 Å². The number of carbonyl (C=O) groups excluding carboxylic acids is 1. The van der Waals surface area contributed by atoms with Crippen molar-refractivity contribution in [3.63, 3.8) is 0 Å². The first kappa shape index (κ1) is 17.7. The Hall–Kier alpha value is -1.75. The van der Waals surface area contributed by atoms with Crippen LogP contribution in [0.5, 0.6) is 0 Å². The van der Waals surface area contributed by atoms with Crippen molar-refractivity contribution < 1.29 is 4.79 Å². The Labute approximate surface area is 159 Å². The lowest BCUT2D eigenvalue weighted by atomic mass is 9.70. The number of carbonyl (C=O) groups is 1. The first-order valence-electron chi connectivity index (χ1n) is 9.22. The molecule has 1 heterocycles. The summed E-state index contributed by atoms with van der Waals surface area (Å²) in [5, 5.41) is 9.45. The third kappa shape index (κ3) is 2.43. The highest BCUT2D eigenvalue weighted by molar-refractivity contribution is 7.99. The van der Waals surface area contributed by atoms with Crippen molar-refractivity contribution in [1.82, 2.24) is 15.2 Å². The highest BCUT2D eigenvalue weighted by Crippen LogP contribution is 2.66. The second-order valence-electron chi connectivity index (χ2n) is 8.50. The molecular formula is C21H25N3OS. The van der Waals surface area contributed by atoms with Gasteiger partial charge in [0.1, 0.15) is 0 Å². The van der Waals surface area contributed by atoms with Crippen molar-refractivity contribution in [3.05, 3.63) is 46.3 Å². The molecule has 2 atom stereocenters. The van der Waals surface area contributed by atoms with Crippen LogP contribution in [0.3, 0.4) is 0 Å². The normalized spacial score (nSPS) is 25.3. The number of rotatable bonds is 4. The molecule has 0 radical (unpaired) electrons. The van der Waals surface area contributed by atoms with Crippen LogP contribution in [0.1, 0.15) is 72.4 Å². The fourth-order valence-corrected chi connectivity index (χ4v) is 5.43. The zero-order chi connectivity index (χ0) is 18.7. The molecule has 26 heavy (non-hydrogen) atoms. The van der Waals surface area contributed by atoms with Gasteiger partial charge in [0.2, 0.25) is 5.16 Å². The minimum absolute atomic E-state index is 0.0653. The van der Waals surface area contributed by atoms with Crippen LogP contribution in [-0.4, -0.2) is 26.7 Å². The molecule has 1 saturated carbocycles. The Kier molecular flexibility index (Phi) is 3.99. The molecule has 0 unspecified atom stereocenters. The third-order valence-corrected chi connectivity index (χ3v) is 7.62. The van der Waals surface area contributed by atoms with Crippen molar-refractivity contribution >= 4 is 17.5 Å². The smallest absolute Gasteiger partial charge is 0.209 e. The van der Waals surface area contributed by atoms with E-state index in [4.69, 9.17) is 4.98 Å². The van der Waals surface area contributed by atoms with Crippen LogP contribution in [-0.2, 0) is 5.41 Å². The van der Waals surface area contributed by atoms with E-state index in [2.05, 4.69) is 31.0 Å².